The molecule has 1 aromatic rings. The Balaban J connectivity index is 2.68. The summed E-state index contributed by atoms with van der Waals surface area (Å²) in [6.07, 6.45) is 0.845. The topological polar surface area (TPSA) is 72.8 Å². The minimum atomic E-state index is -0.251. The Morgan fingerprint density at radius 3 is 2.71 bits per heavy atom. The van der Waals surface area contributed by atoms with E-state index in [0.717, 1.165) is 19.0 Å². The average molecular weight is 238 g/mol. The van der Waals surface area contributed by atoms with Crippen LogP contribution < -0.4 is 5.32 Å². The third kappa shape index (κ3) is 3.64. The van der Waals surface area contributed by atoms with Crippen molar-refractivity contribution in [1.82, 2.24) is 10.2 Å². The highest BCUT2D eigenvalue weighted by atomic mass is 16.3. The molecule has 0 aliphatic rings. The van der Waals surface area contributed by atoms with Gasteiger partial charge in [0.15, 0.2) is 0 Å². The first-order chi connectivity index (χ1) is 8.06. The molecule has 0 saturated heterocycles. The van der Waals surface area contributed by atoms with Crippen LogP contribution in [0.1, 0.15) is 16.8 Å². The molecule has 0 fully saturated rings. The van der Waals surface area contributed by atoms with Crippen molar-refractivity contribution in [2.75, 3.05) is 27.2 Å². The van der Waals surface area contributed by atoms with E-state index in [4.69, 9.17) is 5.11 Å². The van der Waals surface area contributed by atoms with Crippen LogP contribution in [0.15, 0.2) is 18.2 Å². The van der Waals surface area contributed by atoms with Crippen LogP contribution in [0.5, 0.6) is 11.5 Å². The summed E-state index contributed by atoms with van der Waals surface area (Å²) in [4.78, 5) is 13.5. The monoisotopic (exact) mass is 238 g/mol. The summed E-state index contributed by atoms with van der Waals surface area (Å²) >= 11 is 0. The molecular weight excluding hydrogens is 220 g/mol. The average Bonchev–Trinajstić information content (AvgIpc) is 2.28. The van der Waals surface area contributed by atoms with E-state index < -0.39 is 0 Å². The number of nitrogens with one attached hydrogen (secondary N) is 1. The first-order valence-corrected chi connectivity index (χ1v) is 5.48. The third-order valence-corrected chi connectivity index (χ3v) is 2.48. The predicted octanol–water partition coefficient (Wildman–Crippen LogP) is 0.779. The Morgan fingerprint density at radius 1 is 1.41 bits per heavy atom. The van der Waals surface area contributed by atoms with E-state index in [1.54, 1.807) is 11.9 Å². The lowest BCUT2D eigenvalue weighted by Gasteiger charge is -2.17. The Bertz CT molecular complexity index is 393. The number of benzene rings is 1. The number of phenols is 2. The van der Waals surface area contributed by atoms with Crippen LogP contribution in [0.25, 0.3) is 0 Å². The normalized spacial score (nSPS) is 10.2. The van der Waals surface area contributed by atoms with Gasteiger partial charge in [0.05, 0.1) is 5.56 Å². The second-order valence-electron chi connectivity index (χ2n) is 3.89. The van der Waals surface area contributed by atoms with Crippen molar-refractivity contribution in [3.8, 4) is 11.5 Å². The molecule has 0 aromatic heterocycles. The van der Waals surface area contributed by atoms with Crippen LogP contribution in [0, 0.1) is 0 Å². The van der Waals surface area contributed by atoms with Gasteiger partial charge in [-0.25, -0.2) is 0 Å². The smallest absolute Gasteiger partial charge is 0.257 e. The van der Waals surface area contributed by atoms with Gasteiger partial charge in [-0.15, -0.1) is 0 Å². The molecule has 0 radical (unpaired) electrons. The SMILES string of the molecule is CNCCCN(C)C(=O)c1ccc(O)cc1O. The number of hydrogen-bond donors (Lipinski definition) is 3. The Kier molecular flexibility index (Phi) is 4.78. The molecule has 0 saturated carbocycles. The fourth-order valence-corrected chi connectivity index (χ4v) is 1.50. The summed E-state index contributed by atoms with van der Waals surface area (Å²) in [5.74, 6) is -0.508. The van der Waals surface area contributed by atoms with Gasteiger partial charge in [-0.3, -0.25) is 4.79 Å². The maximum atomic E-state index is 11.9. The fraction of sp³-hybridized carbons (Fsp3) is 0.417. The Labute approximate surface area is 101 Å². The van der Waals surface area contributed by atoms with Crippen LogP contribution in [-0.4, -0.2) is 48.2 Å². The van der Waals surface area contributed by atoms with Crippen molar-refractivity contribution in [1.29, 1.82) is 0 Å². The molecule has 1 aromatic carbocycles. The molecule has 1 amide bonds. The maximum absolute atomic E-state index is 11.9. The van der Waals surface area contributed by atoms with Crippen molar-refractivity contribution < 1.29 is 15.0 Å². The summed E-state index contributed by atoms with van der Waals surface area (Å²) in [6, 6.07) is 3.96. The second-order valence-corrected chi connectivity index (χ2v) is 3.89. The number of nitrogens with zero attached hydrogens (tertiary/aromatic N) is 1. The molecule has 0 aliphatic carbocycles. The van der Waals surface area contributed by atoms with Gasteiger partial charge in [-0.2, -0.15) is 0 Å². The second kappa shape index (κ2) is 6.10. The van der Waals surface area contributed by atoms with Crippen LogP contribution in [-0.2, 0) is 0 Å². The van der Waals surface area contributed by atoms with Crippen molar-refractivity contribution in [3.05, 3.63) is 23.8 Å². The molecule has 0 spiro atoms. The Hall–Kier alpha value is -1.75. The van der Waals surface area contributed by atoms with Crippen molar-refractivity contribution >= 4 is 5.91 Å². The van der Waals surface area contributed by atoms with Gasteiger partial charge in [0.25, 0.3) is 5.91 Å². The van der Waals surface area contributed by atoms with E-state index in [0.29, 0.717) is 6.54 Å². The zero-order valence-electron chi connectivity index (χ0n) is 10.1. The molecular formula is C12H18N2O3. The highest BCUT2D eigenvalue weighted by Crippen LogP contribution is 2.23. The quantitative estimate of drug-likeness (QED) is 0.663. The lowest BCUT2D eigenvalue weighted by atomic mass is 10.1. The third-order valence-electron chi connectivity index (χ3n) is 2.48. The van der Waals surface area contributed by atoms with Crippen molar-refractivity contribution in [2.24, 2.45) is 0 Å². The number of carbonyl (C=O) groups excluding carboxylic acids is 1. The molecule has 17 heavy (non-hydrogen) atoms. The number of hydrogen-bond acceptors (Lipinski definition) is 4. The lowest BCUT2D eigenvalue weighted by molar-refractivity contribution is 0.0790. The van der Waals surface area contributed by atoms with Gasteiger partial charge in [0.2, 0.25) is 0 Å². The summed E-state index contributed by atoms with van der Waals surface area (Å²) in [7, 11) is 3.54. The zero-order valence-corrected chi connectivity index (χ0v) is 10.1. The first kappa shape index (κ1) is 13.3. The number of rotatable bonds is 5. The molecule has 3 N–H and O–H groups in total. The molecule has 0 aliphatic heterocycles. The molecule has 94 valence electrons. The maximum Gasteiger partial charge on any atom is 0.257 e. The zero-order chi connectivity index (χ0) is 12.8. The molecule has 1 rings (SSSR count). The highest BCUT2D eigenvalue weighted by Gasteiger charge is 2.15. The molecule has 0 atom stereocenters. The predicted molar refractivity (Wildman–Crippen MR) is 65.3 cm³/mol. The summed E-state index contributed by atoms with van der Waals surface area (Å²) in [6.45, 7) is 1.44. The molecule has 0 bridgehead atoms. The van der Waals surface area contributed by atoms with Gasteiger partial charge in [0.1, 0.15) is 11.5 Å². The van der Waals surface area contributed by atoms with Crippen LogP contribution in [0.3, 0.4) is 0 Å². The number of phenolic OH excluding ortho intramolecular Hbond substituents is 2. The number of aromatic hydroxyl groups is 2. The van der Waals surface area contributed by atoms with Crippen LogP contribution >= 0.6 is 0 Å². The fourth-order valence-electron chi connectivity index (χ4n) is 1.50. The van der Waals surface area contributed by atoms with Crippen molar-refractivity contribution in [2.45, 2.75) is 6.42 Å². The summed E-state index contributed by atoms with van der Waals surface area (Å²) < 4.78 is 0. The van der Waals surface area contributed by atoms with Gasteiger partial charge in [-0.05, 0) is 32.1 Å². The number of carbonyl (C=O) groups is 1. The van der Waals surface area contributed by atoms with Crippen molar-refractivity contribution in [3.63, 3.8) is 0 Å². The van der Waals surface area contributed by atoms with Gasteiger partial charge >= 0.3 is 0 Å². The molecule has 0 heterocycles. The van der Waals surface area contributed by atoms with Gasteiger partial charge < -0.3 is 20.4 Å². The summed E-state index contributed by atoms with van der Waals surface area (Å²) in [5, 5.41) is 21.7. The van der Waals surface area contributed by atoms with E-state index in [9.17, 15) is 9.90 Å². The first-order valence-electron chi connectivity index (χ1n) is 5.48. The summed E-state index contributed by atoms with van der Waals surface area (Å²) in [5.41, 5.74) is 0.203. The van der Waals surface area contributed by atoms with E-state index in [1.807, 2.05) is 7.05 Å². The molecule has 0 unspecified atom stereocenters. The Morgan fingerprint density at radius 2 is 2.12 bits per heavy atom. The largest absolute Gasteiger partial charge is 0.508 e. The van der Waals surface area contributed by atoms with Crippen LogP contribution in [0.4, 0.5) is 0 Å². The number of amides is 1. The van der Waals surface area contributed by atoms with Crippen LogP contribution in [0.2, 0.25) is 0 Å². The van der Waals surface area contributed by atoms with Gasteiger partial charge in [-0.1, -0.05) is 0 Å². The molecule has 5 heteroatoms. The van der Waals surface area contributed by atoms with E-state index >= 15 is 0 Å². The minimum Gasteiger partial charge on any atom is -0.508 e. The molecule has 5 nitrogen and oxygen atoms in total. The van der Waals surface area contributed by atoms with E-state index in [2.05, 4.69) is 5.32 Å². The lowest BCUT2D eigenvalue weighted by Crippen LogP contribution is -2.29. The van der Waals surface area contributed by atoms with Gasteiger partial charge in [0, 0.05) is 19.7 Å². The standard InChI is InChI=1S/C12H18N2O3/c1-13-6-3-7-14(2)12(17)10-5-4-9(15)8-11(10)16/h4-5,8,13,15-16H,3,6-7H2,1-2H3. The highest BCUT2D eigenvalue weighted by molar-refractivity contribution is 5.96. The van der Waals surface area contributed by atoms with E-state index in [-0.39, 0.29) is 23.0 Å². The minimum absolute atomic E-state index is 0.0584. The van der Waals surface area contributed by atoms with E-state index in [1.165, 1.54) is 12.1 Å².